The van der Waals surface area contributed by atoms with E-state index in [0.717, 1.165) is 27.9 Å². The van der Waals surface area contributed by atoms with Gasteiger partial charge in [-0.15, -0.1) is 0 Å². The normalized spacial score (nSPS) is 18.8. The van der Waals surface area contributed by atoms with Gasteiger partial charge in [0, 0.05) is 23.8 Å². The van der Waals surface area contributed by atoms with Crippen LogP contribution >= 0.6 is 31.9 Å². The van der Waals surface area contributed by atoms with Crippen LogP contribution in [0.4, 0.5) is 5.82 Å². The van der Waals surface area contributed by atoms with Gasteiger partial charge in [-0.1, -0.05) is 13.8 Å². The number of hydrogen-bond acceptors (Lipinski definition) is 3. The van der Waals surface area contributed by atoms with Crippen LogP contribution < -0.4 is 10.6 Å². The van der Waals surface area contributed by atoms with Gasteiger partial charge >= 0.3 is 0 Å². The molecule has 0 saturated carbocycles. The average Bonchev–Trinajstić information content (AvgIpc) is 2.13. The smallest absolute Gasteiger partial charge is 0.143 e. The van der Waals surface area contributed by atoms with Crippen molar-refractivity contribution in [1.82, 2.24) is 4.98 Å². The number of halogens is 2. The standard InChI is InChI=1S/C11H15Br2N3/c1-7(2)11(14)5-16(6-11)10-9(13)3-8(12)4-15-10/h3-4,7H,5-6,14H2,1-2H3. The summed E-state index contributed by atoms with van der Waals surface area (Å²) < 4.78 is 1.99. The Hall–Kier alpha value is -0.130. The number of anilines is 1. The number of pyridine rings is 1. The highest BCUT2D eigenvalue weighted by atomic mass is 79.9. The van der Waals surface area contributed by atoms with Crippen LogP contribution in [0.5, 0.6) is 0 Å². The van der Waals surface area contributed by atoms with Crippen LogP contribution in [0.25, 0.3) is 0 Å². The lowest BCUT2D eigenvalue weighted by Gasteiger charge is -2.51. The molecule has 1 aliphatic heterocycles. The molecule has 0 amide bonds. The Kier molecular flexibility index (Phi) is 3.29. The molecule has 0 unspecified atom stereocenters. The number of nitrogens with zero attached hydrogens (tertiary/aromatic N) is 2. The molecule has 1 saturated heterocycles. The van der Waals surface area contributed by atoms with E-state index in [1.807, 2.05) is 12.3 Å². The zero-order valence-corrected chi connectivity index (χ0v) is 12.5. The van der Waals surface area contributed by atoms with Gasteiger partial charge in [-0.3, -0.25) is 0 Å². The van der Waals surface area contributed by atoms with Crippen molar-refractivity contribution in [3.8, 4) is 0 Å². The Morgan fingerprint density at radius 1 is 1.44 bits per heavy atom. The Bertz CT molecular complexity index is 400. The summed E-state index contributed by atoms with van der Waals surface area (Å²) >= 11 is 6.92. The fraction of sp³-hybridized carbons (Fsp3) is 0.545. The van der Waals surface area contributed by atoms with E-state index in [9.17, 15) is 0 Å². The van der Waals surface area contributed by atoms with Crippen molar-refractivity contribution in [3.63, 3.8) is 0 Å². The van der Waals surface area contributed by atoms with Crippen molar-refractivity contribution < 1.29 is 0 Å². The maximum absolute atomic E-state index is 6.26. The minimum atomic E-state index is -0.0613. The van der Waals surface area contributed by atoms with Gasteiger partial charge in [0.1, 0.15) is 5.82 Å². The fourth-order valence-electron chi connectivity index (χ4n) is 1.82. The highest BCUT2D eigenvalue weighted by Gasteiger charge is 2.42. The van der Waals surface area contributed by atoms with Crippen LogP contribution in [0.15, 0.2) is 21.2 Å². The maximum Gasteiger partial charge on any atom is 0.143 e. The highest BCUT2D eigenvalue weighted by molar-refractivity contribution is 9.11. The van der Waals surface area contributed by atoms with Crippen molar-refractivity contribution in [2.45, 2.75) is 19.4 Å². The first-order valence-electron chi connectivity index (χ1n) is 5.27. The largest absolute Gasteiger partial charge is 0.352 e. The van der Waals surface area contributed by atoms with Gasteiger partial charge in [-0.05, 0) is 43.8 Å². The van der Waals surface area contributed by atoms with Gasteiger partial charge in [0.15, 0.2) is 0 Å². The lowest BCUT2D eigenvalue weighted by atomic mass is 9.80. The molecule has 1 aromatic rings. The zero-order chi connectivity index (χ0) is 11.9. The molecule has 5 heteroatoms. The summed E-state index contributed by atoms with van der Waals surface area (Å²) in [5, 5.41) is 0. The van der Waals surface area contributed by atoms with Crippen LogP contribution in [-0.2, 0) is 0 Å². The molecule has 0 radical (unpaired) electrons. The lowest BCUT2D eigenvalue weighted by molar-refractivity contribution is 0.243. The first-order valence-corrected chi connectivity index (χ1v) is 6.86. The monoisotopic (exact) mass is 347 g/mol. The first kappa shape index (κ1) is 12.3. The summed E-state index contributed by atoms with van der Waals surface area (Å²) in [6, 6.07) is 2.01. The minimum absolute atomic E-state index is 0.0613. The predicted molar refractivity (Wildman–Crippen MR) is 73.6 cm³/mol. The van der Waals surface area contributed by atoms with Gasteiger partial charge in [0.2, 0.25) is 0 Å². The quantitative estimate of drug-likeness (QED) is 0.893. The van der Waals surface area contributed by atoms with Gasteiger partial charge in [0.25, 0.3) is 0 Å². The number of nitrogens with two attached hydrogens (primary N) is 1. The van der Waals surface area contributed by atoms with Crippen molar-refractivity contribution in [3.05, 3.63) is 21.2 Å². The molecule has 0 spiro atoms. The molecule has 0 aromatic carbocycles. The van der Waals surface area contributed by atoms with E-state index in [1.165, 1.54) is 0 Å². The third-order valence-electron chi connectivity index (χ3n) is 3.21. The maximum atomic E-state index is 6.26. The van der Waals surface area contributed by atoms with Crippen LogP contribution in [0.3, 0.4) is 0 Å². The molecule has 3 nitrogen and oxygen atoms in total. The Morgan fingerprint density at radius 2 is 2.06 bits per heavy atom. The molecule has 88 valence electrons. The van der Waals surface area contributed by atoms with E-state index in [2.05, 4.69) is 55.6 Å². The summed E-state index contributed by atoms with van der Waals surface area (Å²) in [5.74, 6) is 1.47. The van der Waals surface area contributed by atoms with E-state index in [1.54, 1.807) is 0 Å². The molecule has 0 atom stereocenters. The van der Waals surface area contributed by atoms with E-state index >= 15 is 0 Å². The fourth-order valence-corrected chi connectivity index (χ4v) is 3.06. The highest BCUT2D eigenvalue weighted by Crippen LogP contribution is 2.34. The lowest BCUT2D eigenvalue weighted by Crippen LogP contribution is -2.70. The van der Waals surface area contributed by atoms with Gasteiger partial charge in [-0.25, -0.2) is 4.98 Å². The summed E-state index contributed by atoms with van der Waals surface area (Å²) in [6.07, 6.45) is 1.81. The number of rotatable bonds is 2. The molecule has 1 fully saturated rings. The van der Waals surface area contributed by atoms with Gasteiger partial charge < -0.3 is 10.6 Å². The Labute approximate surface area is 113 Å². The average molecular weight is 349 g/mol. The molecule has 1 aliphatic rings. The summed E-state index contributed by atoms with van der Waals surface area (Å²) in [7, 11) is 0. The predicted octanol–water partition coefficient (Wildman–Crippen LogP) is 2.78. The Morgan fingerprint density at radius 3 is 2.56 bits per heavy atom. The summed E-state index contributed by atoms with van der Waals surface area (Å²) in [6.45, 7) is 6.08. The van der Waals surface area contributed by atoms with Crippen LogP contribution in [0.1, 0.15) is 13.8 Å². The SMILES string of the molecule is CC(C)C1(N)CN(c2ncc(Br)cc2Br)C1. The molecular weight excluding hydrogens is 334 g/mol. The molecule has 0 bridgehead atoms. The second-order valence-electron chi connectivity index (χ2n) is 4.70. The summed E-state index contributed by atoms with van der Waals surface area (Å²) in [5.41, 5.74) is 6.20. The second kappa shape index (κ2) is 4.27. The minimum Gasteiger partial charge on any atom is -0.352 e. The molecule has 1 aromatic heterocycles. The number of hydrogen-bond donors (Lipinski definition) is 1. The summed E-state index contributed by atoms with van der Waals surface area (Å²) in [4.78, 5) is 6.61. The van der Waals surface area contributed by atoms with Crippen molar-refractivity contribution in [1.29, 1.82) is 0 Å². The van der Waals surface area contributed by atoms with Crippen LogP contribution in [0.2, 0.25) is 0 Å². The molecule has 2 heterocycles. The molecule has 2 rings (SSSR count). The second-order valence-corrected chi connectivity index (χ2v) is 6.47. The number of aromatic nitrogens is 1. The van der Waals surface area contributed by atoms with Crippen molar-refractivity contribution >= 4 is 37.7 Å². The first-order chi connectivity index (χ1) is 7.42. The third-order valence-corrected chi connectivity index (χ3v) is 4.23. The van der Waals surface area contributed by atoms with Crippen LogP contribution in [-0.4, -0.2) is 23.6 Å². The molecular formula is C11H15Br2N3. The zero-order valence-electron chi connectivity index (χ0n) is 9.37. The van der Waals surface area contributed by atoms with Crippen molar-refractivity contribution in [2.24, 2.45) is 11.7 Å². The topological polar surface area (TPSA) is 42.1 Å². The van der Waals surface area contributed by atoms with Crippen molar-refractivity contribution in [2.75, 3.05) is 18.0 Å². The molecule has 16 heavy (non-hydrogen) atoms. The van der Waals surface area contributed by atoms with E-state index in [-0.39, 0.29) is 5.54 Å². The van der Waals surface area contributed by atoms with Gasteiger partial charge in [0.05, 0.1) is 10.0 Å². The van der Waals surface area contributed by atoms with E-state index < -0.39 is 0 Å². The van der Waals surface area contributed by atoms with E-state index in [0.29, 0.717) is 5.92 Å². The third kappa shape index (κ3) is 2.13. The van der Waals surface area contributed by atoms with Gasteiger partial charge in [-0.2, -0.15) is 0 Å². The Balaban J connectivity index is 2.12. The molecule has 2 N–H and O–H groups in total. The van der Waals surface area contributed by atoms with Crippen LogP contribution in [0, 0.1) is 5.92 Å². The van der Waals surface area contributed by atoms with E-state index in [4.69, 9.17) is 5.73 Å². The molecule has 0 aliphatic carbocycles.